The third-order valence-corrected chi connectivity index (χ3v) is 2.42. The van der Waals surface area contributed by atoms with Crippen LogP contribution in [-0.4, -0.2) is 19.8 Å². The van der Waals surface area contributed by atoms with Crippen LogP contribution in [0.15, 0.2) is 30.8 Å². The van der Waals surface area contributed by atoms with Crippen molar-refractivity contribution in [2.75, 3.05) is 19.8 Å². The first kappa shape index (κ1) is 13.8. The Balaban J connectivity index is 2.07. The van der Waals surface area contributed by atoms with E-state index in [1.165, 1.54) is 0 Å². The average Bonchev–Trinajstić information content (AvgIpc) is 2.38. The van der Waals surface area contributed by atoms with Gasteiger partial charge in [-0.2, -0.15) is 0 Å². The summed E-state index contributed by atoms with van der Waals surface area (Å²) in [6, 6.07) is 7.97. The van der Waals surface area contributed by atoms with Gasteiger partial charge in [-0.25, -0.2) is 0 Å². The van der Waals surface area contributed by atoms with Crippen LogP contribution in [0.5, 0.6) is 5.75 Å². The minimum absolute atomic E-state index is 0.753. The maximum absolute atomic E-state index is 5.62. The van der Waals surface area contributed by atoms with Crippen LogP contribution in [0.4, 0.5) is 0 Å². The molecule has 0 N–H and O–H groups in total. The molecule has 0 saturated heterocycles. The largest absolute Gasteiger partial charge is 0.494 e. The highest BCUT2D eigenvalue weighted by Gasteiger charge is 1.94. The van der Waals surface area contributed by atoms with E-state index in [4.69, 9.17) is 9.47 Å². The molecule has 0 aliphatic carbocycles. The predicted molar refractivity (Wildman–Crippen MR) is 72.4 cm³/mol. The van der Waals surface area contributed by atoms with E-state index in [9.17, 15) is 0 Å². The number of hydrogen-bond donors (Lipinski definition) is 0. The molecule has 0 aliphatic heterocycles. The van der Waals surface area contributed by atoms with Crippen LogP contribution in [0.1, 0.15) is 31.7 Å². The summed E-state index contributed by atoms with van der Waals surface area (Å²) in [7, 11) is 0. The third kappa shape index (κ3) is 6.12. The zero-order chi connectivity index (χ0) is 12.3. The molecule has 0 radical (unpaired) electrons. The predicted octanol–water partition coefficient (Wildman–Crippen LogP) is 3.92. The zero-order valence-corrected chi connectivity index (χ0v) is 10.7. The summed E-state index contributed by atoms with van der Waals surface area (Å²) < 4.78 is 11.0. The fourth-order valence-corrected chi connectivity index (χ4v) is 1.44. The zero-order valence-electron chi connectivity index (χ0n) is 10.7. The van der Waals surface area contributed by atoms with Crippen LogP contribution in [0.3, 0.4) is 0 Å². The Labute approximate surface area is 104 Å². The van der Waals surface area contributed by atoms with E-state index in [1.54, 1.807) is 0 Å². The lowest BCUT2D eigenvalue weighted by Gasteiger charge is -2.06. The molecule has 0 atom stereocenters. The molecule has 0 spiro atoms. The first-order chi connectivity index (χ1) is 8.36. The van der Waals surface area contributed by atoms with E-state index in [1.807, 2.05) is 30.3 Å². The maximum atomic E-state index is 5.62. The highest BCUT2D eigenvalue weighted by molar-refractivity contribution is 5.48. The lowest BCUT2D eigenvalue weighted by Crippen LogP contribution is -2.01. The van der Waals surface area contributed by atoms with Crippen LogP contribution in [-0.2, 0) is 4.74 Å². The molecular weight excluding hydrogens is 212 g/mol. The normalized spacial score (nSPS) is 10.2. The van der Waals surface area contributed by atoms with Crippen LogP contribution < -0.4 is 4.74 Å². The van der Waals surface area contributed by atoms with Crippen molar-refractivity contribution in [3.8, 4) is 5.75 Å². The lowest BCUT2D eigenvalue weighted by molar-refractivity contribution is 0.127. The monoisotopic (exact) mass is 234 g/mol. The number of ether oxygens (including phenoxy) is 2. The smallest absolute Gasteiger partial charge is 0.119 e. The quantitative estimate of drug-likeness (QED) is 0.603. The molecule has 94 valence electrons. The molecule has 17 heavy (non-hydrogen) atoms. The molecule has 0 fully saturated rings. The van der Waals surface area contributed by atoms with Gasteiger partial charge in [-0.15, -0.1) is 0 Å². The van der Waals surface area contributed by atoms with Crippen molar-refractivity contribution in [2.24, 2.45) is 0 Å². The number of hydrogen-bond acceptors (Lipinski definition) is 2. The van der Waals surface area contributed by atoms with Gasteiger partial charge in [0.2, 0.25) is 0 Å². The van der Waals surface area contributed by atoms with Crippen molar-refractivity contribution >= 4 is 6.08 Å². The van der Waals surface area contributed by atoms with Crippen LogP contribution in [0, 0.1) is 0 Å². The summed E-state index contributed by atoms with van der Waals surface area (Å²) in [6.45, 7) is 8.30. The number of benzene rings is 1. The molecular formula is C15H22O2. The Bertz CT molecular complexity index is 303. The minimum Gasteiger partial charge on any atom is -0.494 e. The minimum atomic E-state index is 0.753. The number of unbranched alkanes of at least 4 members (excludes halogenated alkanes) is 1. The summed E-state index contributed by atoms with van der Waals surface area (Å²) in [5, 5.41) is 0. The third-order valence-electron chi connectivity index (χ3n) is 2.42. The fraction of sp³-hybridized carbons (Fsp3) is 0.467. The van der Waals surface area contributed by atoms with Gasteiger partial charge in [0.1, 0.15) is 5.75 Å². The van der Waals surface area contributed by atoms with Crippen molar-refractivity contribution in [1.82, 2.24) is 0 Å². The van der Waals surface area contributed by atoms with Gasteiger partial charge in [0.25, 0.3) is 0 Å². The first-order valence-electron chi connectivity index (χ1n) is 6.30. The Morgan fingerprint density at radius 1 is 1.06 bits per heavy atom. The Morgan fingerprint density at radius 3 is 2.41 bits per heavy atom. The molecule has 1 aromatic rings. The second-order valence-electron chi connectivity index (χ2n) is 3.94. The van der Waals surface area contributed by atoms with E-state index in [0.717, 1.165) is 50.4 Å². The van der Waals surface area contributed by atoms with Gasteiger partial charge in [-0.3, -0.25) is 0 Å². The molecule has 0 amide bonds. The Morgan fingerprint density at radius 2 is 1.76 bits per heavy atom. The first-order valence-corrected chi connectivity index (χ1v) is 6.30. The maximum Gasteiger partial charge on any atom is 0.119 e. The van der Waals surface area contributed by atoms with Crippen LogP contribution in [0.25, 0.3) is 6.08 Å². The molecule has 1 rings (SSSR count). The molecule has 0 aliphatic rings. The second kappa shape index (κ2) is 8.82. The summed E-state index contributed by atoms with van der Waals surface area (Å²) in [6.07, 6.45) is 5.01. The Kier molecular flexibility index (Phi) is 7.15. The molecule has 1 aromatic carbocycles. The van der Waals surface area contributed by atoms with E-state index >= 15 is 0 Å². The molecule has 0 saturated carbocycles. The lowest BCUT2D eigenvalue weighted by atomic mass is 10.2. The van der Waals surface area contributed by atoms with E-state index in [0.29, 0.717) is 0 Å². The summed E-state index contributed by atoms with van der Waals surface area (Å²) >= 11 is 0. The van der Waals surface area contributed by atoms with Gasteiger partial charge in [0.05, 0.1) is 6.61 Å². The molecule has 0 bridgehead atoms. The van der Waals surface area contributed by atoms with E-state index in [2.05, 4.69) is 13.5 Å². The molecule has 0 heterocycles. The van der Waals surface area contributed by atoms with Gasteiger partial charge >= 0.3 is 0 Å². The van der Waals surface area contributed by atoms with Crippen LogP contribution in [0.2, 0.25) is 0 Å². The summed E-state index contributed by atoms with van der Waals surface area (Å²) in [4.78, 5) is 0. The molecule has 0 unspecified atom stereocenters. The van der Waals surface area contributed by atoms with Gasteiger partial charge < -0.3 is 9.47 Å². The standard InChI is InChI=1S/C15H22O2/c1-3-11-16-12-5-6-13-17-15-9-7-14(4-2)8-10-15/h4,7-10H,2-3,5-6,11-13H2,1H3. The van der Waals surface area contributed by atoms with Crippen molar-refractivity contribution in [2.45, 2.75) is 26.2 Å². The fourth-order valence-electron chi connectivity index (χ4n) is 1.44. The average molecular weight is 234 g/mol. The van der Waals surface area contributed by atoms with Gasteiger partial charge in [-0.1, -0.05) is 31.7 Å². The van der Waals surface area contributed by atoms with Gasteiger partial charge in [-0.05, 0) is 37.0 Å². The Hall–Kier alpha value is -1.28. The van der Waals surface area contributed by atoms with Crippen LogP contribution >= 0.6 is 0 Å². The van der Waals surface area contributed by atoms with Crippen molar-refractivity contribution in [1.29, 1.82) is 0 Å². The SMILES string of the molecule is C=Cc1ccc(OCCCCOCCC)cc1. The molecule has 2 nitrogen and oxygen atoms in total. The van der Waals surface area contributed by atoms with Crippen molar-refractivity contribution in [3.63, 3.8) is 0 Å². The topological polar surface area (TPSA) is 18.5 Å². The number of rotatable bonds is 9. The second-order valence-corrected chi connectivity index (χ2v) is 3.94. The van der Waals surface area contributed by atoms with E-state index in [-0.39, 0.29) is 0 Å². The van der Waals surface area contributed by atoms with Gasteiger partial charge in [0, 0.05) is 13.2 Å². The summed E-state index contributed by atoms with van der Waals surface area (Å²) in [5.41, 5.74) is 1.12. The molecule has 2 heteroatoms. The highest BCUT2D eigenvalue weighted by atomic mass is 16.5. The van der Waals surface area contributed by atoms with Crippen molar-refractivity contribution < 1.29 is 9.47 Å². The van der Waals surface area contributed by atoms with Gasteiger partial charge in [0.15, 0.2) is 0 Å². The summed E-state index contributed by atoms with van der Waals surface area (Å²) in [5.74, 6) is 0.921. The van der Waals surface area contributed by atoms with E-state index < -0.39 is 0 Å². The highest BCUT2D eigenvalue weighted by Crippen LogP contribution is 2.13. The van der Waals surface area contributed by atoms with Crippen molar-refractivity contribution in [3.05, 3.63) is 36.4 Å². The molecule has 0 aromatic heterocycles.